The van der Waals surface area contributed by atoms with Gasteiger partial charge in [-0.1, -0.05) is 30.0 Å². The van der Waals surface area contributed by atoms with E-state index in [2.05, 4.69) is 4.98 Å². The summed E-state index contributed by atoms with van der Waals surface area (Å²) in [6, 6.07) is 8.21. The number of carbonyl (C=O) groups excluding carboxylic acids is 2. The lowest BCUT2D eigenvalue weighted by Crippen LogP contribution is -2.49. The number of aryl methyl sites for hydroxylation is 1. The van der Waals surface area contributed by atoms with E-state index in [9.17, 15) is 9.59 Å². The molecule has 138 valence electrons. The van der Waals surface area contributed by atoms with E-state index >= 15 is 0 Å². The molecule has 0 saturated carbocycles. The molecule has 1 fully saturated rings. The monoisotopic (exact) mass is 372 g/mol. The van der Waals surface area contributed by atoms with Crippen LogP contribution in [-0.2, 0) is 9.59 Å². The number of rotatable bonds is 5. The van der Waals surface area contributed by atoms with Crippen molar-refractivity contribution in [2.24, 2.45) is 11.7 Å². The summed E-state index contributed by atoms with van der Waals surface area (Å²) in [5, 5.41) is 0.781. The number of aromatic nitrogens is 2. The fourth-order valence-corrected chi connectivity index (χ4v) is 4.16. The first-order chi connectivity index (χ1) is 12.5. The molecule has 1 aliphatic rings. The van der Waals surface area contributed by atoms with Gasteiger partial charge in [-0.2, -0.15) is 0 Å². The topological polar surface area (TPSA) is 81.2 Å². The van der Waals surface area contributed by atoms with Crippen molar-refractivity contribution in [1.82, 2.24) is 14.5 Å². The highest BCUT2D eigenvalue weighted by Gasteiger charge is 2.31. The van der Waals surface area contributed by atoms with Gasteiger partial charge in [0, 0.05) is 25.0 Å². The van der Waals surface area contributed by atoms with E-state index < -0.39 is 0 Å². The first-order valence-corrected chi connectivity index (χ1v) is 9.77. The molecule has 2 aromatic rings. The van der Waals surface area contributed by atoms with E-state index in [1.54, 1.807) is 11.1 Å². The van der Waals surface area contributed by atoms with Crippen molar-refractivity contribution in [2.75, 3.05) is 12.3 Å². The first kappa shape index (κ1) is 18.5. The third-order valence-electron chi connectivity index (χ3n) is 4.91. The Morgan fingerprint density at radius 1 is 1.31 bits per heavy atom. The molecule has 0 aliphatic carbocycles. The Morgan fingerprint density at radius 2 is 2.08 bits per heavy atom. The van der Waals surface area contributed by atoms with Crippen LogP contribution in [0.25, 0.3) is 5.69 Å². The van der Waals surface area contributed by atoms with Crippen molar-refractivity contribution in [2.45, 2.75) is 37.9 Å². The second-order valence-electron chi connectivity index (χ2n) is 6.73. The lowest BCUT2D eigenvalue weighted by Gasteiger charge is -2.36. The van der Waals surface area contributed by atoms with Gasteiger partial charge in [-0.25, -0.2) is 4.98 Å². The third kappa shape index (κ3) is 3.93. The lowest BCUT2D eigenvalue weighted by molar-refractivity contribution is -0.135. The van der Waals surface area contributed by atoms with Crippen LogP contribution in [0.3, 0.4) is 0 Å². The molecule has 7 heteroatoms. The number of piperidine rings is 1. The maximum absolute atomic E-state index is 12.7. The van der Waals surface area contributed by atoms with Crippen LogP contribution >= 0.6 is 11.8 Å². The number of benzene rings is 1. The average molecular weight is 372 g/mol. The second-order valence-corrected chi connectivity index (χ2v) is 7.67. The van der Waals surface area contributed by atoms with E-state index in [-0.39, 0.29) is 23.8 Å². The molecule has 1 aromatic carbocycles. The standard InChI is InChI=1S/C19H24N4O2S/c1-13-5-3-4-6-16(13)22-10-9-21-19(22)26-12-17(24)23-11-15(18(20)25)8-7-14(23)2/h3-6,9-10,14-15H,7-8,11-12H2,1-2H3,(H2,20,25). The molecular formula is C19H24N4O2S. The number of likely N-dealkylation sites (tertiary alicyclic amines) is 1. The summed E-state index contributed by atoms with van der Waals surface area (Å²) in [4.78, 5) is 30.4. The van der Waals surface area contributed by atoms with Crippen molar-refractivity contribution in [1.29, 1.82) is 0 Å². The minimum absolute atomic E-state index is 0.0211. The van der Waals surface area contributed by atoms with Crippen LogP contribution in [0, 0.1) is 12.8 Å². The molecule has 1 aliphatic heterocycles. The van der Waals surface area contributed by atoms with Crippen LogP contribution in [-0.4, -0.2) is 44.6 Å². The summed E-state index contributed by atoms with van der Waals surface area (Å²) in [5.41, 5.74) is 7.63. The molecule has 2 atom stereocenters. The number of hydrogen-bond acceptors (Lipinski definition) is 4. The number of primary amides is 1. The molecule has 2 N–H and O–H groups in total. The molecule has 0 bridgehead atoms. The van der Waals surface area contributed by atoms with Gasteiger partial charge < -0.3 is 10.6 Å². The minimum atomic E-state index is -0.322. The average Bonchev–Trinajstić information content (AvgIpc) is 3.08. The van der Waals surface area contributed by atoms with Crippen molar-refractivity contribution in [3.8, 4) is 5.69 Å². The fourth-order valence-electron chi connectivity index (χ4n) is 3.31. The summed E-state index contributed by atoms with van der Waals surface area (Å²) in [7, 11) is 0. The van der Waals surface area contributed by atoms with Gasteiger partial charge in [-0.05, 0) is 38.3 Å². The Bertz CT molecular complexity index is 804. The van der Waals surface area contributed by atoms with Gasteiger partial charge in [-0.15, -0.1) is 0 Å². The smallest absolute Gasteiger partial charge is 0.233 e. The number of nitrogens with zero attached hydrogens (tertiary/aromatic N) is 3. The van der Waals surface area contributed by atoms with Crippen LogP contribution in [0.4, 0.5) is 0 Å². The zero-order chi connectivity index (χ0) is 18.7. The highest BCUT2D eigenvalue weighted by atomic mass is 32.2. The molecule has 6 nitrogen and oxygen atoms in total. The number of carbonyl (C=O) groups is 2. The van der Waals surface area contributed by atoms with E-state index in [1.807, 2.05) is 48.9 Å². The van der Waals surface area contributed by atoms with Crippen molar-refractivity contribution in [3.05, 3.63) is 42.2 Å². The van der Waals surface area contributed by atoms with Crippen LogP contribution in [0.5, 0.6) is 0 Å². The number of amides is 2. The molecule has 3 rings (SSSR count). The molecule has 1 saturated heterocycles. The molecule has 2 unspecified atom stereocenters. The highest BCUT2D eigenvalue weighted by molar-refractivity contribution is 7.99. The number of hydrogen-bond donors (Lipinski definition) is 1. The number of thioether (sulfide) groups is 1. The van der Waals surface area contributed by atoms with Crippen LogP contribution in [0.2, 0.25) is 0 Å². The van der Waals surface area contributed by atoms with Crippen LogP contribution in [0.1, 0.15) is 25.3 Å². The SMILES string of the molecule is Cc1ccccc1-n1ccnc1SCC(=O)N1CC(C(N)=O)CCC1C. The van der Waals surface area contributed by atoms with Gasteiger partial charge >= 0.3 is 0 Å². The molecular weight excluding hydrogens is 348 g/mol. The summed E-state index contributed by atoms with van der Waals surface area (Å²) in [6.07, 6.45) is 5.21. The normalized spacial score (nSPS) is 20.2. The molecule has 2 heterocycles. The van der Waals surface area contributed by atoms with Crippen molar-refractivity contribution in [3.63, 3.8) is 0 Å². The van der Waals surface area contributed by atoms with Gasteiger partial charge in [0.25, 0.3) is 0 Å². The maximum atomic E-state index is 12.7. The van der Waals surface area contributed by atoms with Gasteiger partial charge in [0.15, 0.2) is 5.16 Å². The quantitative estimate of drug-likeness (QED) is 0.817. The van der Waals surface area contributed by atoms with E-state index in [1.165, 1.54) is 11.8 Å². The minimum Gasteiger partial charge on any atom is -0.369 e. The summed E-state index contributed by atoms with van der Waals surface area (Å²) >= 11 is 1.42. The van der Waals surface area contributed by atoms with Crippen molar-refractivity contribution < 1.29 is 9.59 Å². The summed E-state index contributed by atoms with van der Waals surface area (Å²) in [6.45, 7) is 4.49. The Kier molecular flexibility index (Phi) is 5.66. The summed E-state index contributed by atoms with van der Waals surface area (Å²) in [5.74, 6) is -0.252. The Hall–Kier alpha value is -2.28. The zero-order valence-corrected chi connectivity index (χ0v) is 15.9. The Balaban J connectivity index is 1.68. The van der Waals surface area contributed by atoms with E-state index in [0.717, 1.165) is 29.2 Å². The molecule has 0 radical (unpaired) electrons. The van der Waals surface area contributed by atoms with Gasteiger partial charge in [0.05, 0.1) is 17.4 Å². The number of nitrogens with two attached hydrogens (primary N) is 1. The second kappa shape index (κ2) is 7.95. The van der Waals surface area contributed by atoms with E-state index in [0.29, 0.717) is 12.3 Å². The van der Waals surface area contributed by atoms with Gasteiger partial charge in [-0.3, -0.25) is 14.2 Å². The van der Waals surface area contributed by atoms with E-state index in [4.69, 9.17) is 5.73 Å². The predicted molar refractivity (Wildman–Crippen MR) is 102 cm³/mol. The number of para-hydroxylation sites is 1. The third-order valence-corrected chi connectivity index (χ3v) is 5.86. The van der Waals surface area contributed by atoms with Crippen molar-refractivity contribution >= 4 is 23.6 Å². The largest absolute Gasteiger partial charge is 0.369 e. The lowest BCUT2D eigenvalue weighted by atomic mass is 9.93. The fraction of sp³-hybridized carbons (Fsp3) is 0.421. The predicted octanol–water partition coefficient (Wildman–Crippen LogP) is 2.39. The Labute approximate surface area is 157 Å². The molecule has 1 aromatic heterocycles. The highest BCUT2D eigenvalue weighted by Crippen LogP contribution is 2.26. The van der Waals surface area contributed by atoms with Crippen LogP contribution in [0.15, 0.2) is 41.8 Å². The van der Waals surface area contributed by atoms with Crippen LogP contribution < -0.4 is 5.73 Å². The first-order valence-electron chi connectivity index (χ1n) is 8.78. The molecule has 26 heavy (non-hydrogen) atoms. The zero-order valence-electron chi connectivity index (χ0n) is 15.1. The number of imidazole rings is 1. The molecule has 0 spiro atoms. The van der Waals surface area contributed by atoms with Gasteiger partial charge in [0.2, 0.25) is 11.8 Å². The van der Waals surface area contributed by atoms with Gasteiger partial charge in [0.1, 0.15) is 0 Å². The summed E-state index contributed by atoms with van der Waals surface area (Å²) < 4.78 is 2.00. The Morgan fingerprint density at radius 3 is 2.81 bits per heavy atom. The maximum Gasteiger partial charge on any atom is 0.233 e. The molecule has 2 amide bonds.